The van der Waals surface area contributed by atoms with Crippen LogP contribution in [0.15, 0.2) is 48.3 Å². The number of nitrogens with one attached hydrogen (secondary N) is 1. The number of likely N-dealkylation sites (N-methyl/N-ethyl adjacent to an activating group) is 1. The van der Waals surface area contributed by atoms with Gasteiger partial charge in [0.05, 0.1) is 12.7 Å². The second kappa shape index (κ2) is 6.08. The van der Waals surface area contributed by atoms with Gasteiger partial charge in [0, 0.05) is 30.9 Å². The molecular formula is C17H18N4O2. The molecule has 1 aromatic heterocycles. The predicted molar refractivity (Wildman–Crippen MR) is 84.9 cm³/mol. The van der Waals surface area contributed by atoms with Gasteiger partial charge in [-0.1, -0.05) is 30.3 Å². The van der Waals surface area contributed by atoms with Crippen molar-refractivity contribution in [1.29, 1.82) is 0 Å². The molecule has 23 heavy (non-hydrogen) atoms. The summed E-state index contributed by atoms with van der Waals surface area (Å²) < 4.78 is 0. The van der Waals surface area contributed by atoms with E-state index in [0.717, 1.165) is 16.8 Å². The van der Waals surface area contributed by atoms with Crippen LogP contribution in [-0.2, 0) is 22.7 Å². The molecule has 1 aliphatic heterocycles. The standard InChI is InChI=1S/C17H18N4O2/c1-12-14(9-18-19-12)11-20(2)15-8-16(22)21(17(15)23)10-13-6-4-3-5-7-13/h3-9H,10-11H2,1-2H3,(H,18,19). The number of aromatic amines is 1. The Labute approximate surface area is 134 Å². The SMILES string of the molecule is Cc1[nH]ncc1CN(C)C1=CC(=O)N(Cc2ccccc2)C1=O. The molecule has 0 saturated heterocycles. The van der Waals surface area contributed by atoms with Crippen molar-refractivity contribution < 1.29 is 9.59 Å². The van der Waals surface area contributed by atoms with Crippen LogP contribution < -0.4 is 0 Å². The van der Waals surface area contributed by atoms with Gasteiger partial charge in [-0.05, 0) is 12.5 Å². The number of rotatable bonds is 5. The van der Waals surface area contributed by atoms with Crippen molar-refractivity contribution >= 4 is 11.8 Å². The maximum absolute atomic E-state index is 12.5. The first-order valence-corrected chi connectivity index (χ1v) is 7.37. The third-order valence-corrected chi connectivity index (χ3v) is 3.93. The number of carbonyl (C=O) groups excluding carboxylic acids is 2. The quantitative estimate of drug-likeness (QED) is 0.852. The highest BCUT2D eigenvalue weighted by molar-refractivity contribution is 6.15. The summed E-state index contributed by atoms with van der Waals surface area (Å²) in [6, 6.07) is 9.49. The third-order valence-electron chi connectivity index (χ3n) is 3.93. The zero-order valence-corrected chi connectivity index (χ0v) is 13.1. The van der Waals surface area contributed by atoms with Gasteiger partial charge in [0.15, 0.2) is 0 Å². The molecule has 0 fully saturated rings. The maximum Gasteiger partial charge on any atom is 0.277 e. The van der Waals surface area contributed by atoms with Gasteiger partial charge in [-0.15, -0.1) is 0 Å². The monoisotopic (exact) mass is 310 g/mol. The van der Waals surface area contributed by atoms with E-state index in [1.165, 1.54) is 11.0 Å². The van der Waals surface area contributed by atoms with Crippen molar-refractivity contribution in [1.82, 2.24) is 20.0 Å². The zero-order valence-electron chi connectivity index (χ0n) is 13.1. The number of carbonyl (C=O) groups is 2. The fourth-order valence-electron chi connectivity index (χ4n) is 2.56. The molecule has 118 valence electrons. The molecule has 0 saturated carbocycles. The van der Waals surface area contributed by atoms with Crippen molar-refractivity contribution in [3.63, 3.8) is 0 Å². The molecule has 2 heterocycles. The highest BCUT2D eigenvalue weighted by Gasteiger charge is 2.33. The fourth-order valence-corrected chi connectivity index (χ4v) is 2.56. The van der Waals surface area contributed by atoms with E-state index in [-0.39, 0.29) is 18.4 Å². The number of aryl methyl sites for hydroxylation is 1. The van der Waals surface area contributed by atoms with E-state index < -0.39 is 0 Å². The van der Waals surface area contributed by atoms with Crippen LogP contribution in [0.25, 0.3) is 0 Å². The Kier molecular flexibility index (Phi) is 3.97. The Hall–Kier alpha value is -2.89. The molecule has 1 aromatic carbocycles. The normalized spacial score (nSPS) is 14.3. The first-order valence-electron chi connectivity index (χ1n) is 7.37. The summed E-state index contributed by atoms with van der Waals surface area (Å²) in [6.07, 6.45) is 3.13. The maximum atomic E-state index is 12.5. The largest absolute Gasteiger partial charge is 0.366 e. The second-order valence-corrected chi connectivity index (χ2v) is 5.62. The summed E-state index contributed by atoms with van der Waals surface area (Å²) in [7, 11) is 1.80. The first-order chi connectivity index (χ1) is 11.1. The molecular weight excluding hydrogens is 292 g/mol. The zero-order chi connectivity index (χ0) is 16.4. The van der Waals surface area contributed by atoms with Crippen LogP contribution in [0.4, 0.5) is 0 Å². The van der Waals surface area contributed by atoms with Gasteiger partial charge < -0.3 is 4.90 Å². The molecule has 3 rings (SSSR count). The Morgan fingerprint density at radius 1 is 1.22 bits per heavy atom. The number of imide groups is 1. The van der Waals surface area contributed by atoms with Crippen molar-refractivity contribution in [2.75, 3.05) is 7.05 Å². The lowest BCUT2D eigenvalue weighted by Crippen LogP contribution is -2.33. The topological polar surface area (TPSA) is 69.3 Å². The minimum absolute atomic E-state index is 0.262. The molecule has 0 unspecified atom stereocenters. The summed E-state index contributed by atoms with van der Waals surface area (Å²) in [6.45, 7) is 2.73. The Morgan fingerprint density at radius 3 is 2.61 bits per heavy atom. The number of amides is 2. The van der Waals surface area contributed by atoms with Crippen LogP contribution >= 0.6 is 0 Å². The van der Waals surface area contributed by atoms with Crippen LogP contribution in [0, 0.1) is 6.92 Å². The molecule has 2 aromatic rings. The summed E-state index contributed by atoms with van der Waals surface area (Å²) >= 11 is 0. The molecule has 0 bridgehead atoms. The van der Waals surface area contributed by atoms with Crippen LogP contribution in [0.1, 0.15) is 16.8 Å². The van der Waals surface area contributed by atoms with E-state index in [1.54, 1.807) is 18.1 Å². The van der Waals surface area contributed by atoms with Gasteiger partial charge in [0.25, 0.3) is 11.8 Å². The van der Waals surface area contributed by atoms with Crippen molar-refractivity contribution in [2.24, 2.45) is 0 Å². The lowest BCUT2D eigenvalue weighted by atomic mass is 10.2. The summed E-state index contributed by atoms with van der Waals surface area (Å²) in [4.78, 5) is 27.8. The number of hydrogen-bond acceptors (Lipinski definition) is 4. The molecule has 0 spiro atoms. The van der Waals surface area contributed by atoms with Crippen molar-refractivity contribution in [2.45, 2.75) is 20.0 Å². The predicted octanol–water partition coefficient (Wildman–Crippen LogP) is 1.60. The van der Waals surface area contributed by atoms with Gasteiger partial charge in [-0.2, -0.15) is 5.10 Å². The number of benzene rings is 1. The minimum Gasteiger partial charge on any atom is -0.366 e. The average Bonchev–Trinajstić information content (AvgIpc) is 3.06. The minimum atomic E-state index is -0.274. The molecule has 1 N–H and O–H groups in total. The van der Waals surface area contributed by atoms with E-state index in [9.17, 15) is 9.59 Å². The van der Waals surface area contributed by atoms with Crippen LogP contribution in [0.5, 0.6) is 0 Å². The van der Waals surface area contributed by atoms with Gasteiger partial charge in [0.1, 0.15) is 5.70 Å². The van der Waals surface area contributed by atoms with Gasteiger partial charge in [-0.25, -0.2) is 0 Å². The van der Waals surface area contributed by atoms with E-state index in [0.29, 0.717) is 12.2 Å². The lowest BCUT2D eigenvalue weighted by molar-refractivity contribution is -0.138. The summed E-state index contributed by atoms with van der Waals surface area (Å²) in [5.41, 5.74) is 3.29. The first kappa shape index (κ1) is 15.0. The van der Waals surface area contributed by atoms with Crippen LogP contribution in [0.2, 0.25) is 0 Å². The van der Waals surface area contributed by atoms with Gasteiger partial charge >= 0.3 is 0 Å². The molecule has 2 amide bonds. The summed E-state index contributed by atoms with van der Waals surface area (Å²) in [5.74, 6) is -0.535. The lowest BCUT2D eigenvalue weighted by Gasteiger charge is -2.21. The smallest absolute Gasteiger partial charge is 0.277 e. The number of aromatic nitrogens is 2. The fraction of sp³-hybridized carbons (Fsp3) is 0.235. The van der Waals surface area contributed by atoms with Crippen LogP contribution in [-0.4, -0.2) is 38.9 Å². The van der Waals surface area contributed by atoms with Gasteiger partial charge in [0.2, 0.25) is 0 Å². The van der Waals surface area contributed by atoms with E-state index in [4.69, 9.17) is 0 Å². The number of nitrogens with zero attached hydrogens (tertiary/aromatic N) is 3. The number of hydrogen-bond donors (Lipinski definition) is 1. The Morgan fingerprint density at radius 2 is 1.96 bits per heavy atom. The van der Waals surface area contributed by atoms with Crippen LogP contribution in [0.3, 0.4) is 0 Å². The van der Waals surface area contributed by atoms with E-state index >= 15 is 0 Å². The molecule has 1 aliphatic rings. The molecule has 6 heteroatoms. The van der Waals surface area contributed by atoms with Crippen molar-refractivity contribution in [3.8, 4) is 0 Å². The van der Waals surface area contributed by atoms with E-state index in [2.05, 4.69) is 10.2 Å². The third kappa shape index (κ3) is 3.01. The average molecular weight is 310 g/mol. The molecule has 6 nitrogen and oxygen atoms in total. The molecule has 0 atom stereocenters. The Balaban J connectivity index is 1.72. The molecule has 0 aliphatic carbocycles. The highest BCUT2D eigenvalue weighted by atomic mass is 16.2. The van der Waals surface area contributed by atoms with E-state index in [1.807, 2.05) is 37.3 Å². The second-order valence-electron chi connectivity index (χ2n) is 5.62. The Bertz CT molecular complexity index is 764. The molecule has 0 radical (unpaired) electrons. The highest BCUT2D eigenvalue weighted by Crippen LogP contribution is 2.20. The van der Waals surface area contributed by atoms with Crippen molar-refractivity contribution in [3.05, 3.63) is 65.1 Å². The summed E-state index contributed by atoms with van der Waals surface area (Å²) in [5, 5.41) is 6.84. The van der Waals surface area contributed by atoms with Gasteiger partial charge in [-0.3, -0.25) is 19.6 Å². The number of H-pyrrole nitrogens is 1.